The van der Waals surface area contributed by atoms with E-state index in [9.17, 15) is 9.59 Å². The standard InChI is InChI=1S/C22H26Cl2N2O2/c1-4-15(2)25-22(28)16(3)26(14-17-8-7-10-19(23)12-17)21(27)13-18-9-5-6-11-20(18)24/h5-12,15-16H,4,13-14H2,1-3H3,(H,25,28)/t15-,16+/m1/s1. The average Bonchev–Trinajstić information content (AvgIpc) is 2.67. The number of benzene rings is 2. The normalized spacial score (nSPS) is 12.9. The number of hydrogen-bond donors (Lipinski definition) is 1. The predicted octanol–water partition coefficient (Wildman–Crippen LogP) is 4.87. The molecule has 2 atom stereocenters. The minimum atomic E-state index is -0.622. The van der Waals surface area contributed by atoms with Gasteiger partial charge in [-0.15, -0.1) is 0 Å². The molecule has 28 heavy (non-hydrogen) atoms. The van der Waals surface area contributed by atoms with Gasteiger partial charge in [-0.25, -0.2) is 0 Å². The Balaban J connectivity index is 2.25. The molecule has 0 saturated heterocycles. The lowest BCUT2D eigenvalue weighted by Gasteiger charge is -2.30. The maximum Gasteiger partial charge on any atom is 0.242 e. The van der Waals surface area contributed by atoms with Crippen LogP contribution in [0.2, 0.25) is 10.0 Å². The fourth-order valence-electron chi connectivity index (χ4n) is 2.79. The summed E-state index contributed by atoms with van der Waals surface area (Å²) in [5.74, 6) is -0.344. The summed E-state index contributed by atoms with van der Waals surface area (Å²) in [5.41, 5.74) is 1.60. The van der Waals surface area contributed by atoms with Crippen molar-refractivity contribution in [3.63, 3.8) is 0 Å². The van der Waals surface area contributed by atoms with Crippen molar-refractivity contribution in [3.8, 4) is 0 Å². The van der Waals surface area contributed by atoms with Crippen molar-refractivity contribution >= 4 is 35.0 Å². The Morgan fingerprint density at radius 2 is 1.79 bits per heavy atom. The van der Waals surface area contributed by atoms with E-state index < -0.39 is 6.04 Å². The van der Waals surface area contributed by atoms with Crippen LogP contribution in [-0.2, 0) is 22.6 Å². The summed E-state index contributed by atoms with van der Waals surface area (Å²) in [7, 11) is 0. The second-order valence-corrected chi connectivity index (χ2v) is 7.76. The van der Waals surface area contributed by atoms with Crippen molar-refractivity contribution in [3.05, 3.63) is 69.7 Å². The van der Waals surface area contributed by atoms with Gasteiger partial charge >= 0.3 is 0 Å². The Kier molecular flexibility index (Phi) is 8.34. The molecule has 0 aliphatic rings. The van der Waals surface area contributed by atoms with Crippen molar-refractivity contribution < 1.29 is 9.59 Å². The number of rotatable bonds is 8. The van der Waals surface area contributed by atoms with Gasteiger partial charge in [0.1, 0.15) is 6.04 Å². The van der Waals surface area contributed by atoms with Crippen LogP contribution in [0.5, 0.6) is 0 Å². The first kappa shape index (κ1) is 22.3. The Hall–Kier alpha value is -2.04. The largest absolute Gasteiger partial charge is 0.352 e. The minimum absolute atomic E-state index is 0.0432. The van der Waals surface area contributed by atoms with Crippen LogP contribution in [0.25, 0.3) is 0 Å². The van der Waals surface area contributed by atoms with E-state index >= 15 is 0 Å². The summed E-state index contributed by atoms with van der Waals surface area (Å²) in [6.07, 6.45) is 0.946. The van der Waals surface area contributed by atoms with Gasteiger partial charge in [-0.1, -0.05) is 60.5 Å². The highest BCUT2D eigenvalue weighted by Crippen LogP contribution is 2.19. The first-order valence-corrected chi connectivity index (χ1v) is 10.1. The summed E-state index contributed by atoms with van der Waals surface area (Å²) in [4.78, 5) is 27.4. The Morgan fingerprint density at radius 1 is 1.07 bits per heavy atom. The van der Waals surface area contributed by atoms with E-state index in [0.717, 1.165) is 17.5 Å². The summed E-state index contributed by atoms with van der Waals surface area (Å²) < 4.78 is 0. The molecule has 4 nitrogen and oxygen atoms in total. The third-order valence-corrected chi connectivity index (χ3v) is 5.31. The number of halogens is 2. The van der Waals surface area contributed by atoms with Gasteiger partial charge in [0.05, 0.1) is 6.42 Å². The third kappa shape index (κ3) is 6.25. The number of hydrogen-bond acceptors (Lipinski definition) is 2. The molecule has 0 aliphatic heterocycles. The van der Waals surface area contributed by atoms with E-state index in [-0.39, 0.29) is 24.3 Å². The van der Waals surface area contributed by atoms with Crippen LogP contribution < -0.4 is 5.32 Å². The molecular weight excluding hydrogens is 395 g/mol. The molecule has 0 heterocycles. The van der Waals surface area contributed by atoms with Gasteiger partial charge in [0.2, 0.25) is 11.8 Å². The molecule has 0 spiro atoms. The molecule has 2 aromatic rings. The van der Waals surface area contributed by atoms with Gasteiger partial charge in [-0.05, 0) is 49.6 Å². The molecule has 0 radical (unpaired) electrons. The smallest absolute Gasteiger partial charge is 0.242 e. The molecule has 2 aromatic carbocycles. The van der Waals surface area contributed by atoms with Crippen LogP contribution in [-0.4, -0.2) is 28.8 Å². The SMILES string of the molecule is CC[C@@H](C)NC(=O)[C@H](C)N(Cc1cccc(Cl)c1)C(=O)Cc1ccccc1Cl. The molecule has 2 rings (SSSR count). The quantitative estimate of drug-likeness (QED) is 0.661. The fourth-order valence-corrected chi connectivity index (χ4v) is 3.20. The third-order valence-electron chi connectivity index (χ3n) is 4.71. The molecule has 2 amide bonds. The summed E-state index contributed by atoms with van der Waals surface area (Å²) in [6.45, 7) is 5.98. The van der Waals surface area contributed by atoms with Crippen LogP contribution in [0.3, 0.4) is 0 Å². The van der Waals surface area contributed by atoms with E-state index in [1.54, 1.807) is 30.0 Å². The number of amides is 2. The lowest BCUT2D eigenvalue weighted by atomic mass is 10.1. The second-order valence-electron chi connectivity index (χ2n) is 6.91. The molecule has 0 bridgehead atoms. The zero-order valence-electron chi connectivity index (χ0n) is 16.4. The molecule has 1 N–H and O–H groups in total. The van der Waals surface area contributed by atoms with Crippen molar-refractivity contribution in [1.82, 2.24) is 10.2 Å². The average molecular weight is 421 g/mol. The van der Waals surface area contributed by atoms with E-state index in [4.69, 9.17) is 23.2 Å². The minimum Gasteiger partial charge on any atom is -0.352 e. The second kappa shape index (κ2) is 10.5. The lowest BCUT2D eigenvalue weighted by molar-refractivity contribution is -0.140. The first-order chi connectivity index (χ1) is 13.3. The Morgan fingerprint density at radius 3 is 2.43 bits per heavy atom. The van der Waals surface area contributed by atoms with Crippen molar-refractivity contribution in [2.75, 3.05) is 0 Å². The molecule has 150 valence electrons. The van der Waals surface area contributed by atoms with Gasteiger partial charge in [0, 0.05) is 22.6 Å². The summed E-state index contributed by atoms with van der Waals surface area (Å²) in [6, 6.07) is 14.0. The maximum atomic E-state index is 13.1. The first-order valence-electron chi connectivity index (χ1n) is 9.39. The summed E-state index contributed by atoms with van der Waals surface area (Å²) >= 11 is 12.3. The molecule has 0 fully saturated rings. The monoisotopic (exact) mass is 420 g/mol. The zero-order valence-corrected chi connectivity index (χ0v) is 17.9. The molecule has 0 aliphatic carbocycles. The van der Waals surface area contributed by atoms with E-state index in [0.29, 0.717) is 16.6 Å². The van der Waals surface area contributed by atoms with E-state index in [1.165, 1.54) is 0 Å². The maximum absolute atomic E-state index is 13.1. The predicted molar refractivity (Wildman–Crippen MR) is 115 cm³/mol. The molecule has 0 saturated carbocycles. The van der Waals surface area contributed by atoms with Crippen molar-refractivity contribution in [2.24, 2.45) is 0 Å². The van der Waals surface area contributed by atoms with Gasteiger partial charge in [0.25, 0.3) is 0 Å². The molecule has 6 heteroatoms. The number of nitrogens with zero attached hydrogens (tertiary/aromatic N) is 1. The topological polar surface area (TPSA) is 49.4 Å². The van der Waals surface area contributed by atoms with Gasteiger partial charge in [-0.2, -0.15) is 0 Å². The Labute approximate surface area is 176 Å². The lowest BCUT2D eigenvalue weighted by Crippen LogP contribution is -2.49. The van der Waals surface area contributed by atoms with Crippen molar-refractivity contribution in [1.29, 1.82) is 0 Å². The molecule has 0 unspecified atom stereocenters. The van der Waals surface area contributed by atoms with Crippen LogP contribution in [0.15, 0.2) is 48.5 Å². The molecular formula is C22H26Cl2N2O2. The number of nitrogens with one attached hydrogen (secondary N) is 1. The number of carbonyl (C=O) groups is 2. The van der Waals surface area contributed by atoms with Crippen LogP contribution in [0.4, 0.5) is 0 Å². The van der Waals surface area contributed by atoms with Gasteiger partial charge < -0.3 is 10.2 Å². The number of carbonyl (C=O) groups excluding carboxylic acids is 2. The molecule has 0 aromatic heterocycles. The van der Waals surface area contributed by atoms with Crippen LogP contribution in [0.1, 0.15) is 38.3 Å². The van der Waals surface area contributed by atoms with Crippen molar-refractivity contribution in [2.45, 2.75) is 52.2 Å². The van der Waals surface area contributed by atoms with E-state index in [1.807, 2.05) is 44.2 Å². The highest BCUT2D eigenvalue weighted by Gasteiger charge is 2.27. The highest BCUT2D eigenvalue weighted by atomic mass is 35.5. The van der Waals surface area contributed by atoms with E-state index in [2.05, 4.69) is 5.32 Å². The van der Waals surface area contributed by atoms with Gasteiger partial charge in [0.15, 0.2) is 0 Å². The highest BCUT2D eigenvalue weighted by molar-refractivity contribution is 6.31. The fraction of sp³-hybridized carbons (Fsp3) is 0.364. The zero-order chi connectivity index (χ0) is 20.7. The summed E-state index contributed by atoms with van der Waals surface area (Å²) in [5, 5.41) is 4.08. The van der Waals surface area contributed by atoms with Crippen LogP contribution in [0, 0.1) is 0 Å². The van der Waals surface area contributed by atoms with Crippen LogP contribution >= 0.6 is 23.2 Å². The Bertz CT molecular complexity index is 826. The van der Waals surface area contributed by atoms with Gasteiger partial charge in [-0.3, -0.25) is 9.59 Å².